The van der Waals surface area contributed by atoms with Crippen LogP contribution in [-0.2, 0) is 0 Å². The van der Waals surface area contributed by atoms with Crippen LogP contribution in [0.15, 0.2) is 18.2 Å². The summed E-state index contributed by atoms with van der Waals surface area (Å²) in [6.45, 7) is 2.17. The zero-order valence-corrected chi connectivity index (χ0v) is 11.1. The van der Waals surface area contributed by atoms with E-state index in [-0.39, 0.29) is 11.7 Å². The van der Waals surface area contributed by atoms with Gasteiger partial charge in [-0.1, -0.05) is 26.2 Å². The van der Waals surface area contributed by atoms with E-state index in [2.05, 4.69) is 12.2 Å². The zero-order chi connectivity index (χ0) is 13.8. The van der Waals surface area contributed by atoms with E-state index in [0.717, 1.165) is 25.3 Å². The van der Waals surface area contributed by atoms with E-state index in [4.69, 9.17) is 0 Å². The predicted molar refractivity (Wildman–Crippen MR) is 72.7 cm³/mol. The molecular formula is C14H19FN2O2. The maximum atomic E-state index is 13.1. The van der Waals surface area contributed by atoms with Crippen molar-refractivity contribution in [2.24, 2.45) is 5.92 Å². The number of hydrogen-bond donors (Lipinski definition) is 1. The summed E-state index contributed by atoms with van der Waals surface area (Å²) >= 11 is 0. The van der Waals surface area contributed by atoms with Gasteiger partial charge < -0.3 is 5.32 Å². The molecule has 0 amide bonds. The van der Waals surface area contributed by atoms with Crippen LogP contribution in [-0.4, -0.2) is 11.0 Å². The van der Waals surface area contributed by atoms with Gasteiger partial charge in [-0.2, -0.15) is 0 Å². The molecule has 1 fully saturated rings. The molecule has 0 aromatic heterocycles. The predicted octanol–water partition coefficient (Wildman–Crippen LogP) is 4.11. The summed E-state index contributed by atoms with van der Waals surface area (Å²) in [4.78, 5) is 10.4. The lowest BCUT2D eigenvalue weighted by molar-refractivity contribution is -0.384. The molecule has 5 heteroatoms. The second-order valence-electron chi connectivity index (χ2n) is 5.28. The molecule has 2 rings (SSSR count). The van der Waals surface area contributed by atoms with E-state index < -0.39 is 10.7 Å². The molecule has 2 unspecified atom stereocenters. The average molecular weight is 266 g/mol. The lowest BCUT2D eigenvalue weighted by Gasteiger charge is -2.23. The number of anilines is 1. The van der Waals surface area contributed by atoms with Crippen LogP contribution in [0.2, 0.25) is 0 Å². The Bertz CT molecular complexity index is 465. The normalized spacial score (nSPS) is 23.7. The van der Waals surface area contributed by atoms with Crippen molar-refractivity contribution in [1.82, 2.24) is 0 Å². The van der Waals surface area contributed by atoms with Gasteiger partial charge in [-0.3, -0.25) is 10.1 Å². The lowest BCUT2D eigenvalue weighted by atomic mass is 9.96. The topological polar surface area (TPSA) is 55.2 Å². The lowest BCUT2D eigenvalue weighted by Crippen LogP contribution is -2.26. The number of nitro groups is 1. The smallest absolute Gasteiger partial charge is 0.295 e. The molecule has 4 nitrogen and oxygen atoms in total. The first-order valence-electron chi connectivity index (χ1n) is 6.78. The van der Waals surface area contributed by atoms with Crippen LogP contribution < -0.4 is 5.32 Å². The molecule has 19 heavy (non-hydrogen) atoms. The van der Waals surface area contributed by atoms with Gasteiger partial charge in [-0.25, -0.2) is 4.39 Å². The van der Waals surface area contributed by atoms with E-state index in [1.165, 1.54) is 25.0 Å². The first-order chi connectivity index (χ1) is 9.08. The molecule has 0 heterocycles. The summed E-state index contributed by atoms with van der Waals surface area (Å²) in [5.41, 5.74) is 0.238. The highest BCUT2D eigenvalue weighted by Crippen LogP contribution is 2.30. The molecule has 1 aliphatic rings. The summed E-state index contributed by atoms with van der Waals surface area (Å²) in [7, 11) is 0. The molecule has 1 aromatic carbocycles. The quantitative estimate of drug-likeness (QED) is 0.508. The second-order valence-corrected chi connectivity index (χ2v) is 5.28. The standard InChI is InChI=1S/C14H19FN2O2/c1-10-5-3-2-4-6-12(10)16-13-8-7-11(15)9-14(13)17(18)19/h7-10,12,16H,2-6H2,1H3. The monoisotopic (exact) mass is 266 g/mol. The fourth-order valence-electron chi connectivity index (χ4n) is 2.69. The molecule has 1 saturated carbocycles. The van der Waals surface area contributed by atoms with E-state index in [1.807, 2.05) is 0 Å². The van der Waals surface area contributed by atoms with Gasteiger partial charge in [0.1, 0.15) is 11.5 Å². The van der Waals surface area contributed by atoms with Gasteiger partial charge in [0.2, 0.25) is 0 Å². The maximum absolute atomic E-state index is 13.1. The van der Waals surface area contributed by atoms with Crippen LogP contribution in [0.25, 0.3) is 0 Å². The van der Waals surface area contributed by atoms with Crippen molar-refractivity contribution in [2.45, 2.75) is 45.1 Å². The number of halogens is 1. The molecule has 1 aromatic rings. The molecule has 0 spiro atoms. The van der Waals surface area contributed by atoms with Crippen molar-refractivity contribution < 1.29 is 9.31 Å². The Balaban J connectivity index is 2.19. The Labute approximate surface area is 112 Å². The fourth-order valence-corrected chi connectivity index (χ4v) is 2.69. The van der Waals surface area contributed by atoms with E-state index >= 15 is 0 Å². The average Bonchev–Trinajstić information content (AvgIpc) is 2.57. The van der Waals surface area contributed by atoms with E-state index in [1.54, 1.807) is 0 Å². The van der Waals surface area contributed by atoms with Crippen molar-refractivity contribution in [2.75, 3.05) is 5.32 Å². The summed E-state index contributed by atoms with van der Waals surface area (Å²) in [5.74, 6) is -0.0988. The molecule has 0 bridgehead atoms. The second kappa shape index (κ2) is 5.99. The van der Waals surface area contributed by atoms with Crippen LogP contribution in [0.5, 0.6) is 0 Å². The van der Waals surface area contributed by atoms with Gasteiger partial charge >= 0.3 is 0 Å². The SMILES string of the molecule is CC1CCCCCC1Nc1ccc(F)cc1[N+](=O)[O-]. The maximum Gasteiger partial charge on any atom is 0.295 e. The van der Waals surface area contributed by atoms with Crippen LogP contribution in [0.4, 0.5) is 15.8 Å². The van der Waals surface area contributed by atoms with Crippen molar-refractivity contribution in [3.63, 3.8) is 0 Å². The van der Waals surface area contributed by atoms with E-state index in [9.17, 15) is 14.5 Å². The summed E-state index contributed by atoms with van der Waals surface area (Å²) in [6, 6.07) is 3.93. The highest BCUT2D eigenvalue weighted by Gasteiger charge is 2.23. The van der Waals surface area contributed by atoms with Gasteiger partial charge in [-0.05, 0) is 30.9 Å². The number of nitro benzene ring substituents is 1. The highest BCUT2D eigenvalue weighted by atomic mass is 19.1. The summed E-state index contributed by atoms with van der Waals surface area (Å²) in [5, 5.41) is 14.2. The van der Waals surface area contributed by atoms with Gasteiger partial charge in [0.05, 0.1) is 11.0 Å². The third kappa shape index (κ3) is 3.43. The molecule has 0 radical (unpaired) electrons. The minimum Gasteiger partial charge on any atom is -0.376 e. The minimum absolute atomic E-state index is 0.184. The molecule has 2 atom stereocenters. The van der Waals surface area contributed by atoms with Gasteiger partial charge in [0.25, 0.3) is 5.69 Å². The molecular weight excluding hydrogens is 247 g/mol. The number of hydrogen-bond acceptors (Lipinski definition) is 3. The van der Waals surface area contributed by atoms with Crippen LogP contribution in [0.1, 0.15) is 39.0 Å². The number of rotatable bonds is 3. The number of nitrogens with zero attached hydrogens (tertiary/aromatic N) is 1. The van der Waals surface area contributed by atoms with Crippen LogP contribution in [0.3, 0.4) is 0 Å². The first-order valence-corrected chi connectivity index (χ1v) is 6.78. The van der Waals surface area contributed by atoms with Crippen molar-refractivity contribution in [1.29, 1.82) is 0 Å². The Morgan fingerprint density at radius 1 is 1.32 bits per heavy atom. The largest absolute Gasteiger partial charge is 0.376 e. The van der Waals surface area contributed by atoms with Gasteiger partial charge in [-0.15, -0.1) is 0 Å². The Morgan fingerprint density at radius 2 is 2.05 bits per heavy atom. The molecule has 0 saturated heterocycles. The highest BCUT2D eigenvalue weighted by molar-refractivity contribution is 5.61. The minimum atomic E-state index is -0.578. The van der Waals surface area contributed by atoms with Gasteiger partial charge in [0, 0.05) is 6.04 Å². The number of nitrogens with one attached hydrogen (secondary N) is 1. The fraction of sp³-hybridized carbons (Fsp3) is 0.571. The van der Waals surface area contributed by atoms with Crippen molar-refractivity contribution >= 4 is 11.4 Å². The van der Waals surface area contributed by atoms with Gasteiger partial charge in [0.15, 0.2) is 0 Å². The Hall–Kier alpha value is -1.65. The summed E-state index contributed by atoms with van der Waals surface area (Å²) in [6.07, 6.45) is 5.71. The van der Waals surface area contributed by atoms with Crippen LogP contribution >= 0.6 is 0 Å². The molecule has 0 aliphatic heterocycles. The molecule has 1 N–H and O–H groups in total. The third-order valence-corrected chi connectivity index (χ3v) is 3.86. The Morgan fingerprint density at radius 3 is 2.79 bits per heavy atom. The number of benzene rings is 1. The van der Waals surface area contributed by atoms with E-state index in [0.29, 0.717) is 11.6 Å². The third-order valence-electron chi connectivity index (χ3n) is 3.86. The van der Waals surface area contributed by atoms with Crippen LogP contribution in [0, 0.1) is 21.8 Å². The summed E-state index contributed by atoms with van der Waals surface area (Å²) < 4.78 is 13.1. The Kier molecular flexibility index (Phi) is 4.35. The molecule has 104 valence electrons. The van der Waals surface area contributed by atoms with Crippen molar-refractivity contribution in [3.05, 3.63) is 34.1 Å². The molecule has 1 aliphatic carbocycles. The van der Waals surface area contributed by atoms with Crippen molar-refractivity contribution in [3.8, 4) is 0 Å². The zero-order valence-electron chi connectivity index (χ0n) is 11.1. The first kappa shape index (κ1) is 13.8.